The van der Waals surface area contributed by atoms with Gasteiger partial charge in [0.2, 0.25) is 0 Å². The molecule has 0 heterocycles. The average molecular weight is 235 g/mol. The predicted octanol–water partition coefficient (Wildman–Crippen LogP) is 3.98. The first kappa shape index (κ1) is 12.0. The zero-order chi connectivity index (χ0) is 11.7. The molecule has 3 aliphatic carbocycles. The molecule has 0 aromatic heterocycles. The Labute approximate surface area is 107 Å². The van der Waals surface area contributed by atoms with Crippen LogP contribution in [0.5, 0.6) is 0 Å². The van der Waals surface area contributed by atoms with E-state index in [1.54, 1.807) is 25.7 Å². The van der Waals surface area contributed by atoms with Crippen LogP contribution in [0.2, 0.25) is 0 Å². The minimum atomic E-state index is 0.720. The molecule has 3 fully saturated rings. The fraction of sp³-hybridized carbons (Fsp3) is 1.00. The Hall–Kier alpha value is -0.0400. The Morgan fingerprint density at radius 3 is 2.47 bits per heavy atom. The van der Waals surface area contributed by atoms with Crippen LogP contribution in [0, 0.1) is 23.2 Å². The van der Waals surface area contributed by atoms with Gasteiger partial charge in [0.1, 0.15) is 0 Å². The highest BCUT2D eigenvalue weighted by Gasteiger charge is 2.53. The normalized spacial score (nSPS) is 40.8. The molecule has 3 rings (SSSR count). The van der Waals surface area contributed by atoms with Crippen LogP contribution in [0.1, 0.15) is 64.7 Å². The van der Waals surface area contributed by atoms with Gasteiger partial charge in [-0.25, -0.2) is 0 Å². The third-order valence-corrected chi connectivity index (χ3v) is 5.58. The largest absolute Gasteiger partial charge is 0.316 e. The molecule has 17 heavy (non-hydrogen) atoms. The first-order chi connectivity index (χ1) is 8.31. The standard InChI is InChI=1S/C16H29N/c1-2-7-17-12-16(9-13-5-3-4-6-13)10-14-8-15(14)11-16/h13-15,17H,2-12H2,1H3. The highest BCUT2D eigenvalue weighted by Crippen LogP contribution is 2.62. The molecule has 0 amide bonds. The third-order valence-electron chi connectivity index (χ3n) is 5.58. The Balaban J connectivity index is 1.55. The second-order valence-corrected chi connectivity index (χ2v) is 7.20. The molecule has 0 aromatic rings. The summed E-state index contributed by atoms with van der Waals surface area (Å²) in [6, 6.07) is 0. The van der Waals surface area contributed by atoms with Gasteiger partial charge in [0.25, 0.3) is 0 Å². The smallest absolute Gasteiger partial charge is 0.000811 e. The van der Waals surface area contributed by atoms with Gasteiger partial charge in [-0.3, -0.25) is 0 Å². The lowest BCUT2D eigenvalue weighted by molar-refractivity contribution is 0.190. The van der Waals surface area contributed by atoms with Gasteiger partial charge in [0.15, 0.2) is 0 Å². The van der Waals surface area contributed by atoms with Gasteiger partial charge in [-0.15, -0.1) is 0 Å². The maximum Gasteiger partial charge on any atom is 0.000811 e. The zero-order valence-corrected chi connectivity index (χ0v) is 11.5. The predicted molar refractivity (Wildman–Crippen MR) is 73.0 cm³/mol. The lowest BCUT2D eigenvalue weighted by Gasteiger charge is -2.34. The summed E-state index contributed by atoms with van der Waals surface area (Å²) in [5.74, 6) is 3.36. The first-order valence-electron chi connectivity index (χ1n) is 8.02. The summed E-state index contributed by atoms with van der Waals surface area (Å²) in [5.41, 5.74) is 0.720. The molecule has 1 nitrogen and oxygen atoms in total. The van der Waals surface area contributed by atoms with Crippen molar-refractivity contribution in [2.24, 2.45) is 23.2 Å². The van der Waals surface area contributed by atoms with Crippen molar-refractivity contribution in [2.45, 2.75) is 64.7 Å². The molecule has 0 radical (unpaired) electrons. The van der Waals surface area contributed by atoms with E-state index in [0.29, 0.717) is 0 Å². The molecule has 1 N–H and O–H groups in total. The van der Waals surface area contributed by atoms with Crippen LogP contribution < -0.4 is 5.32 Å². The van der Waals surface area contributed by atoms with E-state index in [9.17, 15) is 0 Å². The van der Waals surface area contributed by atoms with Crippen molar-refractivity contribution >= 4 is 0 Å². The van der Waals surface area contributed by atoms with Crippen LogP contribution in [0.3, 0.4) is 0 Å². The van der Waals surface area contributed by atoms with E-state index in [1.165, 1.54) is 45.2 Å². The van der Waals surface area contributed by atoms with Crippen molar-refractivity contribution in [1.29, 1.82) is 0 Å². The number of hydrogen-bond donors (Lipinski definition) is 1. The van der Waals surface area contributed by atoms with Gasteiger partial charge >= 0.3 is 0 Å². The van der Waals surface area contributed by atoms with E-state index in [1.807, 2.05) is 0 Å². The van der Waals surface area contributed by atoms with Crippen LogP contribution in [0.15, 0.2) is 0 Å². The van der Waals surface area contributed by atoms with Gasteiger partial charge in [-0.1, -0.05) is 32.6 Å². The number of nitrogens with one attached hydrogen (secondary N) is 1. The first-order valence-corrected chi connectivity index (χ1v) is 8.02. The van der Waals surface area contributed by atoms with Gasteiger partial charge in [-0.2, -0.15) is 0 Å². The molecule has 0 aromatic carbocycles. The Morgan fingerprint density at radius 2 is 1.82 bits per heavy atom. The second-order valence-electron chi connectivity index (χ2n) is 7.20. The molecule has 0 spiro atoms. The van der Waals surface area contributed by atoms with Gasteiger partial charge in [-0.05, 0) is 61.8 Å². The second kappa shape index (κ2) is 4.91. The highest BCUT2D eigenvalue weighted by molar-refractivity contribution is 5.04. The van der Waals surface area contributed by atoms with Crippen LogP contribution >= 0.6 is 0 Å². The molecule has 0 aliphatic heterocycles. The van der Waals surface area contributed by atoms with Crippen molar-refractivity contribution in [2.75, 3.05) is 13.1 Å². The van der Waals surface area contributed by atoms with Crippen LogP contribution in [0.4, 0.5) is 0 Å². The third kappa shape index (κ3) is 2.70. The Morgan fingerprint density at radius 1 is 1.12 bits per heavy atom. The lowest BCUT2D eigenvalue weighted by atomic mass is 9.75. The fourth-order valence-corrected chi connectivity index (χ4v) is 4.75. The number of hydrogen-bond acceptors (Lipinski definition) is 1. The topological polar surface area (TPSA) is 12.0 Å². The molecule has 1 heteroatoms. The van der Waals surface area contributed by atoms with E-state index in [0.717, 1.165) is 23.2 Å². The van der Waals surface area contributed by atoms with E-state index in [2.05, 4.69) is 12.2 Å². The summed E-state index contributed by atoms with van der Waals surface area (Å²) < 4.78 is 0. The molecule has 3 aliphatic rings. The molecular formula is C16H29N. The summed E-state index contributed by atoms with van der Waals surface area (Å²) >= 11 is 0. The monoisotopic (exact) mass is 235 g/mol. The van der Waals surface area contributed by atoms with Gasteiger partial charge in [0, 0.05) is 6.54 Å². The average Bonchev–Trinajstić information content (AvgIpc) is 2.77. The van der Waals surface area contributed by atoms with E-state index < -0.39 is 0 Å². The van der Waals surface area contributed by atoms with E-state index in [4.69, 9.17) is 0 Å². The van der Waals surface area contributed by atoms with Crippen molar-refractivity contribution in [1.82, 2.24) is 5.32 Å². The Bertz CT molecular complexity index is 244. The van der Waals surface area contributed by atoms with Crippen molar-refractivity contribution < 1.29 is 0 Å². The van der Waals surface area contributed by atoms with Crippen LogP contribution in [-0.2, 0) is 0 Å². The molecule has 0 bridgehead atoms. The summed E-state index contributed by atoms with van der Waals surface area (Å²) in [5, 5.41) is 3.73. The van der Waals surface area contributed by atoms with Gasteiger partial charge < -0.3 is 5.32 Å². The molecule has 98 valence electrons. The Kier molecular flexibility index (Phi) is 3.47. The number of fused-ring (bicyclic) bond motifs is 1. The summed E-state index contributed by atoms with van der Waals surface area (Å²) in [6.07, 6.45) is 13.6. The van der Waals surface area contributed by atoms with Crippen molar-refractivity contribution in [3.8, 4) is 0 Å². The SMILES string of the molecule is CCCNCC1(CC2CCCC2)CC2CC2C1. The quantitative estimate of drug-likeness (QED) is 0.687. The highest BCUT2D eigenvalue weighted by atomic mass is 14.9. The minimum absolute atomic E-state index is 0.720. The molecule has 3 saturated carbocycles. The maximum absolute atomic E-state index is 3.73. The van der Waals surface area contributed by atoms with Gasteiger partial charge in [0.05, 0.1) is 0 Å². The van der Waals surface area contributed by atoms with Crippen molar-refractivity contribution in [3.63, 3.8) is 0 Å². The number of rotatable bonds is 6. The summed E-state index contributed by atoms with van der Waals surface area (Å²) in [6.45, 7) is 4.83. The van der Waals surface area contributed by atoms with Crippen molar-refractivity contribution in [3.05, 3.63) is 0 Å². The minimum Gasteiger partial charge on any atom is -0.316 e. The maximum atomic E-state index is 3.73. The van der Waals surface area contributed by atoms with E-state index >= 15 is 0 Å². The lowest BCUT2D eigenvalue weighted by Crippen LogP contribution is -2.35. The van der Waals surface area contributed by atoms with E-state index in [-0.39, 0.29) is 0 Å². The molecule has 2 atom stereocenters. The summed E-state index contributed by atoms with van der Waals surface area (Å²) in [4.78, 5) is 0. The molecular weight excluding hydrogens is 206 g/mol. The van der Waals surface area contributed by atoms with Crippen LogP contribution in [0.25, 0.3) is 0 Å². The van der Waals surface area contributed by atoms with Crippen LogP contribution in [-0.4, -0.2) is 13.1 Å². The fourth-order valence-electron chi connectivity index (χ4n) is 4.75. The molecule has 0 saturated heterocycles. The molecule has 2 unspecified atom stereocenters. The zero-order valence-electron chi connectivity index (χ0n) is 11.5. The summed E-state index contributed by atoms with van der Waals surface area (Å²) in [7, 11) is 0.